The Morgan fingerprint density at radius 2 is 1.80 bits per heavy atom. The number of ether oxygens (including phenoxy) is 1. The van der Waals surface area contributed by atoms with Gasteiger partial charge in [0.2, 0.25) is 0 Å². The summed E-state index contributed by atoms with van der Waals surface area (Å²) in [4.78, 5) is 16.6. The largest absolute Gasteiger partial charge is 0.492 e. The third-order valence-electron chi connectivity index (χ3n) is 3.91. The summed E-state index contributed by atoms with van der Waals surface area (Å²) in [7, 11) is 0. The number of nitrogens with one attached hydrogen (secondary N) is 1. The zero-order valence-electron chi connectivity index (χ0n) is 15.9. The number of benzene rings is 1. The normalized spacial score (nSPS) is 11.0. The first-order valence-electron chi connectivity index (χ1n) is 9.09. The molecule has 142 valence electrons. The first-order valence-corrected chi connectivity index (χ1v) is 9.09. The lowest BCUT2D eigenvalue weighted by atomic mass is 10.2. The highest BCUT2D eigenvalue weighted by molar-refractivity contribution is 5.74. The van der Waals surface area contributed by atoms with Gasteiger partial charge in [0, 0.05) is 19.6 Å². The average Bonchev–Trinajstić information content (AvgIpc) is 2.59. The molecule has 5 nitrogen and oxygen atoms in total. The van der Waals surface area contributed by atoms with Crippen LogP contribution in [0.25, 0.3) is 0 Å². The first-order chi connectivity index (χ1) is 12.0. The number of amides is 2. The summed E-state index contributed by atoms with van der Waals surface area (Å²) in [6, 6.07) is 5.79. The van der Waals surface area contributed by atoms with Gasteiger partial charge >= 0.3 is 6.03 Å². The third kappa shape index (κ3) is 8.72. The molecular weight excluding hydrogens is 321 g/mol. The maximum atomic E-state index is 12.8. The molecule has 0 radical (unpaired) electrons. The molecule has 0 aliphatic heterocycles. The maximum absolute atomic E-state index is 12.8. The fraction of sp³-hybridized carbons (Fsp3) is 0.632. The Hall–Kier alpha value is -1.82. The number of halogens is 1. The Balaban J connectivity index is 2.38. The van der Waals surface area contributed by atoms with Crippen LogP contribution in [0.5, 0.6) is 5.75 Å². The van der Waals surface area contributed by atoms with Crippen LogP contribution in [-0.2, 0) is 0 Å². The number of hydrogen-bond donors (Lipinski definition) is 1. The van der Waals surface area contributed by atoms with E-state index in [0.717, 1.165) is 26.2 Å². The van der Waals surface area contributed by atoms with Crippen molar-refractivity contribution in [1.29, 1.82) is 0 Å². The molecule has 0 unspecified atom stereocenters. The number of carbonyl (C=O) groups is 1. The lowest BCUT2D eigenvalue weighted by molar-refractivity contribution is 0.175. The van der Waals surface area contributed by atoms with Gasteiger partial charge in [0.1, 0.15) is 18.2 Å². The molecule has 0 atom stereocenters. The van der Waals surface area contributed by atoms with E-state index in [1.807, 2.05) is 4.90 Å². The molecule has 0 aromatic heterocycles. The van der Waals surface area contributed by atoms with E-state index in [-0.39, 0.29) is 11.8 Å². The van der Waals surface area contributed by atoms with Gasteiger partial charge in [0.25, 0.3) is 0 Å². The van der Waals surface area contributed by atoms with Crippen molar-refractivity contribution in [2.45, 2.75) is 27.7 Å². The van der Waals surface area contributed by atoms with E-state index >= 15 is 0 Å². The Kier molecular flexibility index (Phi) is 9.92. The number of urea groups is 1. The summed E-state index contributed by atoms with van der Waals surface area (Å²) >= 11 is 0. The molecule has 25 heavy (non-hydrogen) atoms. The van der Waals surface area contributed by atoms with Crippen LogP contribution in [0.3, 0.4) is 0 Å². The maximum Gasteiger partial charge on any atom is 0.317 e. The Morgan fingerprint density at radius 3 is 2.36 bits per heavy atom. The molecule has 0 spiro atoms. The van der Waals surface area contributed by atoms with Crippen LogP contribution in [0.15, 0.2) is 24.3 Å². The van der Waals surface area contributed by atoms with Gasteiger partial charge < -0.3 is 19.9 Å². The van der Waals surface area contributed by atoms with Gasteiger partial charge in [-0.25, -0.2) is 9.18 Å². The Bertz CT molecular complexity index is 490. The highest BCUT2D eigenvalue weighted by atomic mass is 19.1. The van der Waals surface area contributed by atoms with E-state index < -0.39 is 0 Å². The topological polar surface area (TPSA) is 44.8 Å². The molecule has 0 aliphatic carbocycles. The molecule has 1 N–H and O–H groups in total. The van der Waals surface area contributed by atoms with Crippen LogP contribution < -0.4 is 10.1 Å². The molecule has 0 saturated heterocycles. The van der Waals surface area contributed by atoms with E-state index in [1.54, 1.807) is 12.1 Å². The van der Waals surface area contributed by atoms with Crippen LogP contribution >= 0.6 is 0 Å². The molecule has 1 rings (SSSR count). The fourth-order valence-electron chi connectivity index (χ4n) is 2.49. The minimum absolute atomic E-state index is 0.0661. The van der Waals surface area contributed by atoms with Crippen LogP contribution in [0.2, 0.25) is 0 Å². The van der Waals surface area contributed by atoms with Crippen LogP contribution in [-0.4, -0.2) is 61.7 Å². The van der Waals surface area contributed by atoms with Crippen molar-refractivity contribution in [2.24, 2.45) is 5.92 Å². The number of rotatable bonds is 11. The van der Waals surface area contributed by atoms with E-state index in [9.17, 15) is 9.18 Å². The molecule has 1 aromatic carbocycles. The molecule has 2 amide bonds. The zero-order chi connectivity index (χ0) is 18.7. The van der Waals surface area contributed by atoms with Crippen molar-refractivity contribution in [3.05, 3.63) is 30.1 Å². The highest BCUT2D eigenvalue weighted by Gasteiger charge is 2.15. The van der Waals surface area contributed by atoms with Crippen molar-refractivity contribution >= 4 is 6.03 Å². The van der Waals surface area contributed by atoms with Crippen molar-refractivity contribution in [3.8, 4) is 5.75 Å². The molecule has 0 fully saturated rings. The first kappa shape index (κ1) is 21.2. The summed E-state index contributed by atoms with van der Waals surface area (Å²) in [6.07, 6.45) is 0. The SMILES string of the molecule is CCN(CC)CCN(CC(C)C)C(=O)NCCOc1ccc(F)cc1. The summed E-state index contributed by atoms with van der Waals surface area (Å²) in [6.45, 7) is 13.5. The minimum Gasteiger partial charge on any atom is -0.492 e. The summed E-state index contributed by atoms with van der Waals surface area (Å²) in [5, 5.41) is 2.90. The average molecular weight is 353 g/mol. The van der Waals surface area contributed by atoms with Crippen molar-refractivity contribution in [1.82, 2.24) is 15.1 Å². The molecule has 0 bridgehead atoms. The number of hydrogen-bond acceptors (Lipinski definition) is 3. The van der Waals surface area contributed by atoms with Crippen molar-refractivity contribution < 1.29 is 13.9 Å². The Morgan fingerprint density at radius 1 is 1.16 bits per heavy atom. The van der Waals surface area contributed by atoms with Gasteiger partial charge in [-0.05, 0) is 43.3 Å². The van der Waals surface area contributed by atoms with Crippen LogP contribution in [0.1, 0.15) is 27.7 Å². The predicted octanol–water partition coefficient (Wildman–Crippen LogP) is 3.21. The molecule has 1 aromatic rings. The lowest BCUT2D eigenvalue weighted by Crippen LogP contribution is -2.46. The number of likely N-dealkylation sites (N-methyl/N-ethyl adjacent to an activating group) is 1. The van der Waals surface area contributed by atoms with E-state index in [4.69, 9.17) is 4.74 Å². The van der Waals surface area contributed by atoms with Crippen LogP contribution in [0.4, 0.5) is 9.18 Å². The summed E-state index contributed by atoms with van der Waals surface area (Å²) in [5.41, 5.74) is 0. The lowest BCUT2D eigenvalue weighted by Gasteiger charge is -2.28. The third-order valence-corrected chi connectivity index (χ3v) is 3.91. The van der Waals surface area contributed by atoms with Gasteiger partial charge in [-0.1, -0.05) is 27.7 Å². The summed E-state index contributed by atoms with van der Waals surface area (Å²) in [5.74, 6) is 0.715. The standard InChI is InChI=1S/C19H32FN3O2/c1-5-22(6-2)12-13-23(15-16(3)4)19(24)21-11-14-25-18-9-7-17(20)8-10-18/h7-10,16H,5-6,11-15H2,1-4H3,(H,21,24). The smallest absolute Gasteiger partial charge is 0.317 e. The second kappa shape index (κ2) is 11.7. The van der Waals surface area contributed by atoms with Gasteiger partial charge in [-0.3, -0.25) is 0 Å². The highest BCUT2D eigenvalue weighted by Crippen LogP contribution is 2.10. The second-order valence-electron chi connectivity index (χ2n) is 6.40. The van der Waals surface area contributed by atoms with E-state index in [2.05, 4.69) is 37.9 Å². The van der Waals surface area contributed by atoms with Gasteiger partial charge in [0.05, 0.1) is 6.54 Å². The van der Waals surface area contributed by atoms with Crippen molar-refractivity contribution in [3.63, 3.8) is 0 Å². The number of carbonyl (C=O) groups excluding carboxylic acids is 1. The van der Waals surface area contributed by atoms with Gasteiger partial charge in [-0.15, -0.1) is 0 Å². The van der Waals surface area contributed by atoms with Gasteiger partial charge in [-0.2, -0.15) is 0 Å². The van der Waals surface area contributed by atoms with E-state index in [1.165, 1.54) is 12.1 Å². The molecule has 0 aliphatic rings. The quantitative estimate of drug-likeness (QED) is 0.621. The summed E-state index contributed by atoms with van der Waals surface area (Å²) < 4.78 is 18.3. The molecule has 6 heteroatoms. The minimum atomic E-state index is -0.293. The number of nitrogens with zero attached hydrogens (tertiary/aromatic N) is 2. The zero-order valence-corrected chi connectivity index (χ0v) is 15.9. The molecule has 0 saturated carbocycles. The van der Waals surface area contributed by atoms with Crippen LogP contribution in [0, 0.1) is 11.7 Å². The fourth-order valence-corrected chi connectivity index (χ4v) is 2.49. The second-order valence-corrected chi connectivity index (χ2v) is 6.40. The van der Waals surface area contributed by atoms with Gasteiger partial charge in [0.15, 0.2) is 0 Å². The monoisotopic (exact) mass is 353 g/mol. The predicted molar refractivity (Wildman–Crippen MR) is 99.5 cm³/mol. The van der Waals surface area contributed by atoms with E-state index in [0.29, 0.717) is 31.4 Å². The molecular formula is C19H32FN3O2. The Labute approximate surface area is 151 Å². The van der Waals surface area contributed by atoms with Crippen molar-refractivity contribution in [2.75, 3.05) is 45.9 Å². The molecule has 0 heterocycles.